The fourth-order valence-corrected chi connectivity index (χ4v) is 3.34. The highest BCUT2D eigenvalue weighted by Gasteiger charge is 2.24. The first-order valence-corrected chi connectivity index (χ1v) is 8.66. The Balaban J connectivity index is 1.58. The molecule has 0 atom stereocenters. The van der Waals surface area contributed by atoms with Crippen molar-refractivity contribution in [3.63, 3.8) is 0 Å². The number of nitrogens with zero attached hydrogens (tertiary/aromatic N) is 4. The summed E-state index contributed by atoms with van der Waals surface area (Å²) < 4.78 is 35.6. The molecule has 1 saturated heterocycles. The lowest BCUT2D eigenvalue weighted by Crippen LogP contribution is -2.48. The largest absolute Gasteiger partial charge is 0.384 e. The molecule has 0 bridgehead atoms. The zero-order valence-electron chi connectivity index (χ0n) is 13.7. The molecule has 0 radical (unpaired) electrons. The highest BCUT2D eigenvalue weighted by molar-refractivity contribution is 7.09. The Morgan fingerprint density at radius 1 is 1.24 bits per heavy atom. The van der Waals surface area contributed by atoms with Crippen molar-refractivity contribution in [2.75, 3.05) is 44.8 Å². The maximum absolute atomic E-state index is 13.3. The van der Waals surface area contributed by atoms with Crippen molar-refractivity contribution in [1.82, 2.24) is 14.3 Å². The van der Waals surface area contributed by atoms with Crippen molar-refractivity contribution < 1.29 is 18.3 Å². The number of aromatic nitrogens is 2. The van der Waals surface area contributed by atoms with Gasteiger partial charge in [-0.2, -0.15) is 4.37 Å². The van der Waals surface area contributed by atoms with Crippen LogP contribution in [0.3, 0.4) is 0 Å². The summed E-state index contributed by atoms with van der Waals surface area (Å²) in [7, 11) is 1.64. The first kappa shape index (κ1) is 17.7. The number of carbonyl (C=O) groups excluding carboxylic acids is 1. The molecule has 25 heavy (non-hydrogen) atoms. The van der Waals surface area contributed by atoms with Crippen molar-refractivity contribution in [2.45, 2.75) is 6.42 Å². The third-order valence-electron chi connectivity index (χ3n) is 3.99. The predicted molar refractivity (Wildman–Crippen MR) is 90.0 cm³/mol. The van der Waals surface area contributed by atoms with Crippen LogP contribution in [0, 0.1) is 11.6 Å². The fraction of sp³-hybridized carbons (Fsp3) is 0.438. The van der Waals surface area contributed by atoms with E-state index in [1.165, 1.54) is 17.6 Å². The Morgan fingerprint density at radius 2 is 2.00 bits per heavy atom. The molecule has 0 unspecified atom stereocenters. The van der Waals surface area contributed by atoms with Crippen molar-refractivity contribution in [2.24, 2.45) is 0 Å². The smallest absolute Gasteiger partial charge is 0.254 e. The molecule has 0 N–H and O–H groups in total. The van der Waals surface area contributed by atoms with E-state index in [4.69, 9.17) is 4.74 Å². The van der Waals surface area contributed by atoms with Gasteiger partial charge in [0.25, 0.3) is 5.91 Å². The number of anilines is 1. The van der Waals surface area contributed by atoms with Gasteiger partial charge in [0.05, 0.1) is 6.61 Å². The molecule has 6 nitrogen and oxygen atoms in total. The normalized spacial score (nSPS) is 14.8. The molecule has 1 aromatic heterocycles. The molecule has 1 amide bonds. The topological polar surface area (TPSA) is 58.6 Å². The van der Waals surface area contributed by atoms with E-state index in [1.807, 2.05) is 0 Å². The zero-order valence-corrected chi connectivity index (χ0v) is 14.6. The van der Waals surface area contributed by atoms with Crippen LogP contribution >= 0.6 is 11.5 Å². The average molecular weight is 368 g/mol. The van der Waals surface area contributed by atoms with Crippen molar-refractivity contribution in [3.05, 3.63) is 41.2 Å². The Kier molecular flexibility index (Phi) is 5.54. The molecule has 2 heterocycles. The summed E-state index contributed by atoms with van der Waals surface area (Å²) in [5.41, 5.74) is 0.158. The second-order valence-corrected chi connectivity index (χ2v) is 6.37. The monoisotopic (exact) mass is 368 g/mol. The van der Waals surface area contributed by atoms with E-state index in [0.29, 0.717) is 39.2 Å². The highest BCUT2D eigenvalue weighted by atomic mass is 32.1. The summed E-state index contributed by atoms with van der Waals surface area (Å²) in [6.45, 7) is 2.80. The van der Waals surface area contributed by atoms with Crippen LogP contribution in [0.25, 0.3) is 0 Å². The Labute approximate surface area is 148 Å². The van der Waals surface area contributed by atoms with E-state index in [-0.39, 0.29) is 11.5 Å². The number of piperazine rings is 1. The third kappa shape index (κ3) is 4.10. The Hall–Kier alpha value is -2.13. The molecule has 1 aliphatic heterocycles. The van der Waals surface area contributed by atoms with Crippen LogP contribution in [-0.2, 0) is 11.2 Å². The fourth-order valence-electron chi connectivity index (χ4n) is 2.58. The van der Waals surface area contributed by atoms with Crippen molar-refractivity contribution in [3.8, 4) is 0 Å². The van der Waals surface area contributed by atoms with Crippen molar-refractivity contribution >= 4 is 22.6 Å². The number of carbonyl (C=O) groups is 1. The van der Waals surface area contributed by atoms with E-state index in [2.05, 4.69) is 14.3 Å². The lowest BCUT2D eigenvalue weighted by atomic mass is 10.1. The zero-order chi connectivity index (χ0) is 17.8. The first-order valence-electron chi connectivity index (χ1n) is 7.89. The van der Waals surface area contributed by atoms with Gasteiger partial charge in [0, 0.05) is 56.8 Å². The molecule has 2 aromatic rings. The number of methoxy groups -OCH3 is 1. The minimum Gasteiger partial charge on any atom is -0.384 e. The molecule has 3 rings (SSSR count). The summed E-state index contributed by atoms with van der Waals surface area (Å²) in [5.74, 6) is -1.51. The highest BCUT2D eigenvalue weighted by Crippen LogP contribution is 2.20. The molecule has 1 fully saturated rings. The van der Waals surface area contributed by atoms with E-state index in [0.717, 1.165) is 23.1 Å². The molecule has 134 valence electrons. The molecule has 0 spiro atoms. The molecule has 1 aromatic carbocycles. The lowest BCUT2D eigenvalue weighted by molar-refractivity contribution is 0.0746. The van der Waals surface area contributed by atoms with Crippen LogP contribution in [-0.4, -0.2) is 60.1 Å². The molecule has 0 aliphatic carbocycles. The van der Waals surface area contributed by atoms with Crippen LogP contribution < -0.4 is 4.90 Å². The number of amides is 1. The maximum atomic E-state index is 13.3. The van der Waals surface area contributed by atoms with Gasteiger partial charge >= 0.3 is 0 Å². The van der Waals surface area contributed by atoms with Gasteiger partial charge in [-0.3, -0.25) is 4.79 Å². The minimum atomic E-state index is -1.01. The number of benzene rings is 1. The SMILES string of the molecule is COCCc1nsc(N2CCN(C(=O)c3ccc(F)c(F)c3)CC2)n1. The summed E-state index contributed by atoms with van der Waals surface area (Å²) >= 11 is 1.33. The maximum Gasteiger partial charge on any atom is 0.254 e. The van der Waals surface area contributed by atoms with Crippen LogP contribution in [0.15, 0.2) is 18.2 Å². The minimum absolute atomic E-state index is 0.158. The summed E-state index contributed by atoms with van der Waals surface area (Å²) in [6.07, 6.45) is 0.668. The second kappa shape index (κ2) is 7.83. The average Bonchev–Trinajstić information content (AvgIpc) is 3.11. The van der Waals surface area contributed by atoms with Gasteiger partial charge in [0.1, 0.15) is 5.82 Å². The molecule has 0 saturated carbocycles. The van der Waals surface area contributed by atoms with Gasteiger partial charge in [0.2, 0.25) is 5.13 Å². The van der Waals surface area contributed by atoms with Crippen LogP contribution in [0.1, 0.15) is 16.2 Å². The van der Waals surface area contributed by atoms with Gasteiger partial charge in [-0.1, -0.05) is 0 Å². The number of halogens is 2. The summed E-state index contributed by atoms with van der Waals surface area (Å²) in [5, 5.41) is 0.825. The predicted octanol–water partition coefficient (Wildman–Crippen LogP) is 1.97. The van der Waals surface area contributed by atoms with Gasteiger partial charge in [-0.25, -0.2) is 13.8 Å². The molecular weight excluding hydrogens is 350 g/mol. The summed E-state index contributed by atoms with van der Waals surface area (Å²) in [6, 6.07) is 3.22. The summed E-state index contributed by atoms with van der Waals surface area (Å²) in [4.78, 5) is 20.6. The van der Waals surface area contributed by atoms with Gasteiger partial charge in [-0.05, 0) is 18.2 Å². The van der Waals surface area contributed by atoms with Crippen LogP contribution in [0.5, 0.6) is 0 Å². The molecule has 9 heteroatoms. The van der Waals surface area contributed by atoms with Crippen LogP contribution in [0.2, 0.25) is 0 Å². The van der Waals surface area contributed by atoms with Gasteiger partial charge in [0.15, 0.2) is 11.6 Å². The Morgan fingerprint density at radius 3 is 2.68 bits per heavy atom. The first-order chi connectivity index (χ1) is 12.1. The number of hydrogen-bond donors (Lipinski definition) is 0. The van der Waals surface area contributed by atoms with Crippen molar-refractivity contribution in [1.29, 1.82) is 0 Å². The van der Waals surface area contributed by atoms with Gasteiger partial charge in [-0.15, -0.1) is 0 Å². The van der Waals surface area contributed by atoms with Crippen LogP contribution in [0.4, 0.5) is 13.9 Å². The second-order valence-electron chi connectivity index (χ2n) is 5.64. The third-order valence-corrected chi connectivity index (χ3v) is 4.81. The van der Waals surface area contributed by atoms with E-state index in [9.17, 15) is 13.6 Å². The Bertz CT molecular complexity index is 747. The van der Waals surface area contributed by atoms with E-state index in [1.54, 1.807) is 12.0 Å². The van der Waals surface area contributed by atoms with E-state index >= 15 is 0 Å². The molecule has 1 aliphatic rings. The number of hydrogen-bond acceptors (Lipinski definition) is 6. The van der Waals surface area contributed by atoms with Gasteiger partial charge < -0.3 is 14.5 Å². The standard InChI is InChI=1S/C16H18F2N4O2S/c1-24-9-4-14-19-16(25-20-14)22-7-5-21(6-8-22)15(23)11-2-3-12(17)13(18)10-11/h2-3,10H,4-9H2,1H3. The van der Waals surface area contributed by atoms with E-state index < -0.39 is 11.6 Å². The lowest BCUT2D eigenvalue weighted by Gasteiger charge is -2.34. The molecular formula is C16H18F2N4O2S. The quantitative estimate of drug-likeness (QED) is 0.808. The number of ether oxygens (including phenoxy) is 1. The number of rotatable bonds is 5.